The Morgan fingerprint density at radius 2 is 1.69 bits per heavy atom. The summed E-state index contributed by atoms with van der Waals surface area (Å²) < 4.78 is 39.3. The summed E-state index contributed by atoms with van der Waals surface area (Å²) in [5, 5.41) is 2.82. The van der Waals surface area contributed by atoms with Crippen LogP contribution in [-0.4, -0.2) is 44.9 Å². The Labute approximate surface area is 205 Å². The molecule has 0 atom stereocenters. The molecule has 8 heteroatoms. The van der Waals surface area contributed by atoms with Gasteiger partial charge in [-0.2, -0.15) is 4.31 Å². The molecule has 0 aromatic heterocycles. The number of carbonyl (C=O) groups excluding carboxylic acids is 1. The number of hydrogen-bond acceptors (Lipinski definition) is 5. The van der Waals surface area contributed by atoms with E-state index in [2.05, 4.69) is 5.32 Å². The number of benzene rings is 3. The zero-order chi connectivity index (χ0) is 24.3. The van der Waals surface area contributed by atoms with Crippen molar-refractivity contribution < 1.29 is 22.7 Å². The third-order valence-electron chi connectivity index (χ3n) is 6.06. The monoisotopic (exact) mass is 490 g/mol. The van der Waals surface area contributed by atoms with E-state index in [0.29, 0.717) is 49.9 Å². The van der Waals surface area contributed by atoms with Gasteiger partial charge in [-0.25, -0.2) is 8.42 Å². The number of nitrogens with zero attached hydrogens (tertiary/aromatic N) is 1. The maximum atomic E-state index is 13.3. The van der Waals surface area contributed by atoms with Crippen LogP contribution in [0.5, 0.6) is 11.5 Å². The van der Waals surface area contributed by atoms with Gasteiger partial charge in [0.1, 0.15) is 0 Å². The van der Waals surface area contributed by atoms with E-state index in [-0.39, 0.29) is 10.5 Å². The van der Waals surface area contributed by atoms with E-state index in [1.165, 1.54) is 16.4 Å². The molecule has 0 fully saturated rings. The van der Waals surface area contributed by atoms with Crippen LogP contribution >= 0.6 is 0 Å². The fraction of sp³-hybridized carbons (Fsp3) is 0.222. The van der Waals surface area contributed by atoms with Gasteiger partial charge < -0.3 is 14.8 Å². The summed E-state index contributed by atoms with van der Waals surface area (Å²) in [6, 6.07) is 21.3. The van der Waals surface area contributed by atoms with Gasteiger partial charge in [-0.3, -0.25) is 4.79 Å². The highest BCUT2D eigenvalue weighted by atomic mass is 32.2. The molecule has 0 saturated heterocycles. The van der Waals surface area contributed by atoms with Crippen molar-refractivity contribution in [3.05, 3.63) is 90.0 Å². The summed E-state index contributed by atoms with van der Waals surface area (Å²) in [6.45, 7) is 1.81. The number of fused-ring (bicyclic) bond motifs is 1. The van der Waals surface area contributed by atoms with Gasteiger partial charge in [-0.05, 0) is 47.9 Å². The Morgan fingerprint density at radius 1 is 0.886 bits per heavy atom. The van der Waals surface area contributed by atoms with Crippen LogP contribution in [0.3, 0.4) is 0 Å². The van der Waals surface area contributed by atoms with Gasteiger partial charge >= 0.3 is 0 Å². The van der Waals surface area contributed by atoms with E-state index < -0.39 is 15.9 Å². The van der Waals surface area contributed by atoms with Crippen LogP contribution in [0.1, 0.15) is 28.8 Å². The number of carbonyl (C=O) groups is 1. The Morgan fingerprint density at radius 3 is 2.46 bits per heavy atom. The first-order valence-corrected chi connectivity index (χ1v) is 13.0. The lowest BCUT2D eigenvalue weighted by Crippen LogP contribution is -2.34. The maximum Gasteiger partial charge on any atom is 0.255 e. The van der Waals surface area contributed by atoms with E-state index in [9.17, 15) is 13.2 Å². The summed E-state index contributed by atoms with van der Waals surface area (Å²) in [6.07, 6.45) is 3.38. The Hall–Kier alpha value is -3.62. The van der Waals surface area contributed by atoms with Gasteiger partial charge in [-0.15, -0.1) is 0 Å². The number of rotatable bonds is 5. The van der Waals surface area contributed by atoms with Gasteiger partial charge in [0, 0.05) is 36.8 Å². The van der Waals surface area contributed by atoms with Crippen LogP contribution in [0.4, 0.5) is 5.69 Å². The minimum Gasteiger partial charge on any atom is -0.490 e. The molecule has 0 aliphatic carbocycles. The number of hydrogen-bond donors (Lipinski definition) is 1. The SMILES string of the molecule is O=C(Nc1ccc2c(c1)OCCCO2)c1cccc(S(=O)(=O)N2CC=C(c3ccccc3)CC2)c1. The van der Waals surface area contributed by atoms with Crippen LogP contribution in [0.15, 0.2) is 83.8 Å². The molecule has 0 unspecified atom stereocenters. The quantitative estimate of drug-likeness (QED) is 0.566. The largest absolute Gasteiger partial charge is 0.490 e. The zero-order valence-corrected chi connectivity index (χ0v) is 20.0. The molecule has 2 aliphatic heterocycles. The van der Waals surface area contributed by atoms with Gasteiger partial charge in [-0.1, -0.05) is 42.5 Å². The fourth-order valence-corrected chi connectivity index (χ4v) is 5.60. The molecule has 0 saturated carbocycles. The molecule has 0 spiro atoms. The molecular formula is C27H26N2O5S. The topological polar surface area (TPSA) is 84.9 Å². The first kappa shape index (κ1) is 23.1. The van der Waals surface area contributed by atoms with Crippen molar-refractivity contribution in [3.8, 4) is 11.5 Å². The first-order chi connectivity index (χ1) is 17.0. The van der Waals surface area contributed by atoms with Crippen LogP contribution in [0.2, 0.25) is 0 Å². The number of ether oxygens (including phenoxy) is 2. The van der Waals surface area contributed by atoms with Crippen molar-refractivity contribution in [3.63, 3.8) is 0 Å². The summed E-state index contributed by atoms with van der Waals surface area (Å²) in [5.41, 5.74) is 3.05. The first-order valence-electron chi connectivity index (χ1n) is 11.6. The van der Waals surface area contributed by atoms with Crippen molar-refractivity contribution >= 4 is 27.2 Å². The van der Waals surface area contributed by atoms with E-state index in [0.717, 1.165) is 17.6 Å². The molecule has 0 bridgehead atoms. The van der Waals surface area contributed by atoms with Crippen LogP contribution in [0, 0.1) is 0 Å². The molecule has 3 aromatic rings. The standard InChI is InChI=1S/C27H26N2O5S/c30-27(28-23-10-11-25-26(19-23)34-17-5-16-33-25)22-8-4-9-24(18-22)35(31,32)29-14-12-21(13-15-29)20-6-2-1-3-7-20/h1-4,6-12,18-19H,5,13-17H2,(H,28,30). The van der Waals surface area contributed by atoms with Gasteiger partial charge in [0.15, 0.2) is 11.5 Å². The van der Waals surface area contributed by atoms with Gasteiger partial charge in [0.25, 0.3) is 5.91 Å². The highest BCUT2D eigenvalue weighted by molar-refractivity contribution is 7.89. The van der Waals surface area contributed by atoms with E-state index >= 15 is 0 Å². The highest BCUT2D eigenvalue weighted by Crippen LogP contribution is 2.32. The van der Waals surface area contributed by atoms with E-state index in [4.69, 9.17) is 9.47 Å². The number of nitrogens with one attached hydrogen (secondary N) is 1. The van der Waals surface area contributed by atoms with Crippen molar-refractivity contribution in [2.75, 3.05) is 31.6 Å². The second-order valence-electron chi connectivity index (χ2n) is 8.40. The Balaban J connectivity index is 1.31. The second kappa shape index (κ2) is 9.93. The summed E-state index contributed by atoms with van der Waals surface area (Å²) in [7, 11) is -3.74. The maximum absolute atomic E-state index is 13.3. The molecule has 1 N–H and O–H groups in total. The van der Waals surface area contributed by atoms with E-state index in [1.54, 1.807) is 30.3 Å². The molecule has 5 rings (SSSR count). The lowest BCUT2D eigenvalue weighted by atomic mass is 10.0. The average Bonchev–Trinajstić information content (AvgIpc) is 3.14. The van der Waals surface area contributed by atoms with Gasteiger partial charge in [0.05, 0.1) is 18.1 Å². The molecule has 1 amide bonds. The molecular weight excluding hydrogens is 464 g/mol. The Bertz CT molecular complexity index is 1370. The number of amides is 1. The van der Waals surface area contributed by atoms with Crippen molar-refractivity contribution in [1.82, 2.24) is 4.31 Å². The van der Waals surface area contributed by atoms with Crippen LogP contribution in [-0.2, 0) is 10.0 Å². The predicted molar refractivity (Wildman–Crippen MR) is 134 cm³/mol. The van der Waals surface area contributed by atoms with Gasteiger partial charge in [0.2, 0.25) is 10.0 Å². The lowest BCUT2D eigenvalue weighted by molar-refractivity contribution is 0.102. The summed E-state index contributed by atoms with van der Waals surface area (Å²) in [5.74, 6) is 0.811. The minimum absolute atomic E-state index is 0.0976. The smallest absolute Gasteiger partial charge is 0.255 e. The van der Waals surface area contributed by atoms with Crippen molar-refractivity contribution in [1.29, 1.82) is 0 Å². The minimum atomic E-state index is -3.74. The van der Waals surface area contributed by atoms with E-state index in [1.807, 2.05) is 36.4 Å². The normalized spacial score (nSPS) is 16.2. The molecule has 2 aliphatic rings. The molecule has 0 radical (unpaired) electrons. The van der Waals surface area contributed by atoms with Crippen molar-refractivity contribution in [2.24, 2.45) is 0 Å². The highest BCUT2D eigenvalue weighted by Gasteiger charge is 2.27. The zero-order valence-electron chi connectivity index (χ0n) is 19.1. The number of sulfonamides is 1. The molecule has 35 heavy (non-hydrogen) atoms. The second-order valence-corrected chi connectivity index (χ2v) is 10.3. The fourth-order valence-electron chi connectivity index (χ4n) is 4.17. The molecule has 180 valence electrons. The third kappa shape index (κ3) is 5.08. The number of anilines is 1. The molecule has 3 aromatic carbocycles. The van der Waals surface area contributed by atoms with Crippen LogP contribution < -0.4 is 14.8 Å². The van der Waals surface area contributed by atoms with Crippen LogP contribution in [0.25, 0.3) is 5.57 Å². The molecule has 2 heterocycles. The predicted octanol–water partition coefficient (Wildman–Crippen LogP) is 4.58. The summed E-state index contributed by atoms with van der Waals surface area (Å²) in [4.78, 5) is 13.0. The Kier molecular flexibility index (Phi) is 6.57. The van der Waals surface area contributed by atoms with Crippen molar-refractivity contribution in [2.45, 2.75) is 17.7 Å². The molecule has 7 nitrogen and oxygen atoms in total. The average molecular weight is 491 g/mol. The summed E-state index contributed by atoms with van der Waals surface area (Å²) >= 11 is 0. The lowest BCUT2D eigenvalue weighted by Gasteiger charge is -2.26. The third-order valence-corrected chi connectivity index (χ3v) is 7.92.